The third kappa shape index (κ3) is 3.00. The molecular weight excluding hydrogens is 300 g/mol. The maximum absolute atomic E-state index is 12.4. The molecular formula is C16H16N2O3S. The van der Waals surface area contributed by atoms with Gasteiger partial charge in [-0.1, -0.05) is 37.3 Å². The Morgan fingerprint density at radius 1 is 1.41 bits per heavy atom. The van der Waals surface area contributed by atoms with Gasteiger partial charge in [-0.2, -0.15) is 5.26 Å². The van der Waals surface area contributed by atoms with Gasteiger partial charge in [0.05, 0.1) is 23.8 Å². The number of hydrogen-bond donors (Lipinski definition) is 1. The minimum atomic E-state index is -1.05. The summed E-state index contributed by atoms with van der Waals surface area (Å²) in [5, 5.41) is 12.7. The van der Waals surface area contributed by atoms with Gasteiger partial charge < -0.3 is 10.1 Å². The summed E-state index contributed by atoms with van der Waals surface area (Å²) in [6.45, 7) is 1.93. The first kappa shape index (κ1) is 16.1. The summed E-state index contributed by atoms with van der Waals surface area (Å²) in [4.78, 5) is 24.4. The van der Waals surface area contributed by atoms with Crippen LogP contribution in [0.2, 0.25) is 0 Å². The molecule has 0 bridgehead atoms. The number of ether oxygens (including phenoxy) is 1. The molecule has 1 aliphatic rings. The van der Waals surface area contributed by atoms with E-state index in [-0.39, 0.29) is 0 Å². The number of nitrogens with zero attached hydrogens (tertiary/aromatic N) is 1. The molecule has 1 heterocycles. The van der Waals surface area contributed by atoms with E-state index >= 15 is 0 Å². The molecule has 22 heavy (non-hydrogen) atoms. The van der Waals surface area contributed by atoms with Crippen molar-refractivity contribution >= 4 is 23.6 Å². The van der Waals surface area contributed by atoms with Gasteiger partial charge in [0.1, 0.15) is 5.92 Å². The molecule has 6 heteroatoms. The molecule has 0 saturated carbocycles. The zero-order valence-corrected chi connectivity index (χ0v) is 13.1. The molecule has 1 amide bonds. The maximum Gasteiger partial charge on any atom is 0.319 e. The molecule has 2 atom stereocenters. The van der Waals surface area contributed by atoms with E-state index in [1.54, 1.807) is 0 Å². The Bertz CT molecular complexity index is 649. The van der Waals surface area contributed by atoms with Crippen LogP contribution in [0.25, 0.3) is 0 Å². The number of nitriles is 1. The third-order valence-corrected chi connectivity index (χ3v) is 4.33. The van der Waals surface area contributed by atoms with Crippen LogP contribution in [0.3, 0.4) is 0 Å². The fourth-order valence-electron chi connectivity index (χ4n) is 2.48. The van der Waals surface area contributed by atoms with Gasteiger partial charge in [-0.15, -0.1) is 11.8 Å². The van der Waals surface area contributed by atoms with E-state index in [4.69, 9.17) is 4.74 Å². The molecule has 0 spiro atoms. The van der Waals surface area contributed by atoms with Crippen molar-refractivity contribution in [1.29, 1.82) is 5.26 Å². The van der Waals surface area contributed by atoms with Crippen LogP contribution in [0.5, 0.6) is 0 Å². The molecule has 2 rings (SSSR count). The molecule has 0 aliphatic carbocycles. The van der Waals surface area contributed by atoms with E-state index in [9.17, 15) is 14.9 Å². The monoisotopic (exact) mass is 316 g/mol. The van der Waals surface area contributed by atoms with Crippen LogP contribution in [0.4, 0.5) is 0 Å². The maximum atomic E-state index is 12.4. The van der Waals surface area contributed by atoms with Crippen LogP contribution in [0, 0.1) is 17.2 Å². The molecule has 1 N–H and O–H groups in total. The first-order valence-corrected chi connectivity index (χ1v) is 7.83. The minimum Gasteiger partial charge on any atom is -0.468 e. The van der Waals surface area contributed by atoms with Gasteiger partial charge in [-0.3, -0.25) is 9.59 Å². The van der Waals surface area contributed by atoms with Crippen molar-refractivity contribution in [1.82, 2.24) is 5.32 Å². The number of benzene rings is 1. The molecule has 0 saturated heterocycles. The molecule has 0 unspecified atom stereocenters. The predicted octanol–water partition coefficient (Wildman–Crippen LogP) is 2.18. The van der Waals surface area contributed by atoms with E-state index < -0.39 is 23.7 Å². The summed E-state index contributed by atoms with van der Waals surface area (Å²) in [7, 11) is 1.24. The number of allylic oxidation sites excluding steroid dienone is 1. The molecule has 1 aromatic rings. The van der Waals surface area contributed by atoms with Crippen LogP contribution >= 0.6 is 11.8 Å². The van der Waals surface area contributed by atoms with E-state index in [1.807, 2.05) is 37.3 Å². The van der Waals surface area contributed by atoms with Gasteiger partial charge in [0.15, 0.2) is 0 Å². The average Bonchev–Trinajstić information content (AvgIpc) is 2.54. The number of nitrogens with one attached hydrogen (secondary N) is 1. The molecule has 0 fully saturated rings. The lowest BCUT2D eigenvalue weighted by atomic mass is 9.78. The second-order valence-corrected chi connectivity index (χ2v) is 5.94. The summed E-state index contributed by atoms with van der Waals surface area (Å²) in [5.41, 5.74) is 1.14. The number of thioether (sulfide) groups is 1. The Hall–Kier alpha value is -2.26. The summed E-state index contributed by atoms with van der Waals surface area (Å²) >= 11 is 1.38. The van der Waals surface area contributed by atoms with Gasteiger partial charge in [0.2, 0.25) is 5.91 Å². The Morgan fingerprint density at radius 3 is 2.64 bits per heavy atom. The Balaban J connectivity index is 2.60. The van der Waals surface area contributed by atoms with Gasteiger partial charge in [-0.25, -0.2) is 0 Å². The van der Waals surface area contributed by atoms with E-state index in [0.717, 1.165) is 5.56 Å². The molecule has 1 aromatic carbocycles. The largest absolute Gasteiger partial charge is 0.468 e. The average molecular weight is 316 g/mol. The summed E-state index contributed by atoms with van der Waals surface area (Å²) < 4.78 is 4.76. The summed E-state index contributed by atoms with van der Waals surface area (Å²) in [6, 6.07) is 11.3. The summed E-state index contributed by atoms with van der Waals surface area (Å²) in [6.07, 6.45) is 0. The van der Waals surface area contributed by atoms with E-state index in [2.05, 4.69) is 11.4 Å². The molecule has 1 aliphatic heterocycles. The van der Waals surface area contributed by atoms with Crippen LogP contribution < -0.4 is 5.32 Å². The van der Waals surface area contributed by atoms with Crippen molar-refractivity contribution in [2.45, 2.75) is 12.8 Å². The molecule has 114 valence electrons. The number of rotatable bonds is 4. The standard InChI is InChI=1S/C16H16N2O3S/c1-3-22-15-11(9-17)12(10-7-5-4-6-8-10)13(14(19)18-15)16(20)21-2/h4-8,12-13H,3H2,1-2H3,(H,18,19)/t12-,13+/m1/s1. The van der Waals surface area contributed by atoms with Gasteiger partial charge in [0, 0.05) is 5.92 Å². The van der Waals surface area contributed by atoms with Crippen LogP contribution in [-0.2, 0) is 14.3 Å². The quantitative estimate of drug-likeness (QED) is 0.680. The second-order valence-electron chi connectivity index (χ2n) is 4.67. The lowest BCUT2D eigenvalue weighted by Crippen LogP contribution is -2.44. The van der Waals surface area contributed by atoms with Crippen molar-refractivity contribution in [3.8, 4) is 6.07 Å². The third-order valence-electron chi connectivity index (χ3n) is 3.43. The highest BCUT2D eigenvalue weighted by molar-refractivity contribution is 8.03. The van der Waals surface area contributed by atoms with Crippen molar-refractivity contribution in [3.05, 3.63) is 46.5 Å². The van der Waals surface area contributed by atoms with Crippen LogP contribution in [0.15, 0.2) is 40.9 Å². The number of methoxy groups -OCH3 is 1. The predicted molar refractivity (Wildman–Crippen MR) is 83.6 cm³/mol. The summed E-state index contributed by atoms with van der Waals surface area (Å²) in [5.74, 6) is -2.04. The fraction of sp³-hybridized carbons (Fsp3) is 0.312. The molecule has 0 radical (unpaired) electrons. The highest BCUT2D eigenvalue weighted by Gasteiger charge is 2.44. The lowest BCUT2D eigenvalue weighted by Gasteiger charge is -2.30. The Kier molecular flexibility index (Phi) is 5.23. The number of esters is 1. The zero-order valence-electron chi connectivity index (χ0n) is 12.3. The van der Waals surface area contributed by atoms with Gasteiger partial charge in [0.25, 0.3) is 0 Å². The highest BCUT2D eigenvalue weighted by atomic mass is 32.2. The second kappa shape index (κ2) is 7.14. The van der Waals surface area contributed by atoms with Crippen molar-refractivity contribution < 1.29 is 14.3 Å². The van der Waals surface area contributed by atoms with Crippen LogP contribution in [0.1, 0.15) is 18.4 Å². The zero-order chi connectivity index (χ0) is 16.1. The number of hydrogen-bond acceptors (Lipinski definition) is 5. The number of carbonyl (C=O) groups is 2. The first-order valence-electron chi connectivity index (χ1n) is 6.84. The Labute approximate surface area is 133 Å². The number of amides is 1. The first-order chi connectivity index (χ1) is 10.6. The number of carbonyl (C=O) groups excluding carboxylic acids is 2. The lowest BCUT2D eigenvalue weighted by molar-refractivity contribution is -0.150. The van der Waals surface area contributed by atoms with Crippen molar-refractivity contribution in [2.75, 3.05) is 12.9 Å². The molecule has 5 nitrogen and oxygen atoms in total. The van der Waals surface area contributed by atoms with E-state index in [1.165, 1.54) is 18.9 Å². The van der Waals surface area contributed by atoms with Gasteiger partial charge >= 0.3 is 5.97 Å². The SMILES string of the molecule is CCSC1=C(C#N)[C@@H](c2ccccc2)[C@H](C(=O)OC)C(=O)N1. The fourth-order valence-corrected chi connectivity index (χ4v) is 3.27. The minimum absolute atomic E-state index is 0.396. The Morgan fingerprint density at radius 2 is 2.09 bits per heavy atom. The normalized spacial score (nSPS) is 21.0. The van der Waals surface area contributed by atoms with Crippen molar-refractivity contribution in [3.63, 3.8) is 0 Å². The van der Waals surface area contributed by atoms with Crippen LogP contribution in [-0.4, -0.2) is 24.7 Å². The topological polar surface area (TPSA) is 79.2 Å². The highest BCUT2D eigenvalue weighted by Crippen LogP contribution is 2.39. The van der Waals surface area contributed by atoms with Gasteiger partial charge in [-0.05, 0) is 11.3 Å². The smallest absolute Gasteiger partial charge is 0.319 e. The molecule has 0 aromatic heterocycles. The van der Waals surface area contributed by atoms with E-state index in [0.29, 0.717) is 16.4 Å². The van der Waals surface area contributed by atoms with Crippen molar-refractivity contribution in [2.24, 2.45) is 5.92 Å².